The van der Waals surface area contributed by atoms with Gasteiger partial charge in [-0.2, -0.15) is 0 Å². The van der Waals surface area contributed by atoms with E-state index in [0.717, 1.165) is 0 Å². The van der Waals surface area contributed by atoms with E-state index >= 15 is 0 Å². The van der Waals surface area contributed by atoms with E-state index in [1.54, 1.807) is 19.2 Å². The van der Waals surface area contributed by atoms with Gasteiger partial charge in [-0.3, -0.25) is 4.79 Å². The van der Waals surface area contributed by atoms with E-state index in [0.29, 0.717) is 11.3 Å². The summed E-state index contributed by atoms with van der Waals surface area (Å²) in [5.41, 5.74) is 1.54. The maximum atomic E-state index is 11.3. The Bertz CT molecular complexity index is 425. The molecule has 72 valence electrons. The van der Waals surface area contributed by atoms with E-state index < -0.39 is 5.97 Å². The Balaban J connectivity index is 2.61. The highest BCUT2D eigenvalue weighted by molar-refractivity contribution is 6.05. The number of rotatable bonds is 1. The lowest BCUT2D eigenvalue weighted by Gasteiger charge is -2.09. The standard InChI is InChI=1S/C10H9NO3/c1-11-8-4-2-3-6(10(13)14)7(8)5-9(11)12/h2-4H,5H2,1H3,(H,13,14). The Hall–Kier alpha value is -1.84. The van der Waals surface area contributed by atoms with Crippen molar-refractivity contribution in [2.75, 3.05) is 11.9 Å². The highest BCUT2D eigenvalue weighted by Gasteiger charge is 2.27. The minimum Gasteiger partial charge on any atom is -0.478 e. The second kappa shape index (κ2) is 2.83. The SMILES string of the molecule is CN1C(=O)Cc2c(C(=O)O)cccc21. The van der Waals surface area contributed by atoms with Gasteiger partial charge in [0.1, 0.15) is 0 Å². The number of carbonyl (C=O) groups excluding carboxylic acids is 1. The van der Waals surface area contributed by atoms with Crippen LogP contribution in [-0.2, 0) is 11.2 Å². The van der Waals surface area contributed by atoms with Gasteiger partial charge in [-0.25, -0.2) is 4.79 Å². The van der Waals surface area contributed by atoms with Crippen molar-refractivity contribution in [3.05, 3.63) is 29.3 Å². The maximum Gasteiger partial charge on any atom is 0.336 e. The topological polar surface area (TPSA) is 57.6 Å². The number of amides is 1. The lowest BCUT2D eigenvalue weighted by Crippen LogP contribution is -2.20. The minimum atomic E-state index is -0.982. The molecule has 14 heavy (non-hydrogen) atoms. The normalized spacial score (nSPS) is 14.4. The molecule has 0 fully saturated rings. The Kier molecular flexibility index (Phi) is 1.77. The van der Waals surface area contributed by atoms with Crippen molar-refractivity contribution in [2.45, 2.75) is 6.42 Å². The van der Waals surface area contributed by atoms with Gasteiger partial charge in [0.25, 0.3) is 0 Å². The first-order valence-corrected chi connectivity index (χ1v) is 4.23. The molecular weight excluding hydrogens is 182 g/mol. The van der Waals surface area contributed by atoms with Gasteiger partial charge in [-0.15, -0.1) is 0 Å². The van der Waals surface area contributed by atoms with Crippen LogP contribution in [0, 0.1) is 0 Å². The average Bonchev–Trinajstić information content (AvgIpc) is 2.43. The number of carboxylic acids is 1. The molecule has 4 heteroatoms. The number of hydrogen-bond donors (Lipinski definition) is 1. The molecular formula is C10H9NO3. The third kappa shape index (κ3) is 1.08. The number of fused-ring (bicyclic) bond motifs is 1. The fourth-order valence-electron chi connectivity index (χ4n) is 1.68. The van der Waals surface area contributed by atoms with Crippen LogP contribution in [0.4, 0.5) is 5.69 Å². The number of anilines is 1. The van der Waals surface area contributed by atoms with E-state index in [2.05, 4.69) is 0 Å². The van der Waals surface area contributed by atoms with Crippen LogP contribution in [0.3, 0.4) is 0 Å². The van der Waals surface area contributed by atoms with E-state index in [9.17, 15) is 9.59 Å². The van der Waals surface area contributed by atoms with E-state index in [1.807, 2.05) is 0 Å². The molecule has 0 unspecified atom stereocenters. The highest BCUT2D eigenvalue weighted by atomic mass is 16.4. The van der Waals surface area contributed by atoms with Crippen LogP contribution in [0.2, 0.25) is 0 Å². The summed E-state index contributed by atoms with van der Waals surface area (Å²) >= 11 is 0. The molecule has 0 bridgehead atoms. The van der Waals surface area contributed by atoms with E-state index in [-0.39, 0.29) is 17.9 Å². The molecule has 0 atom stereocenters. The second-order valence-electron chi connectivity index (χ2n) is 3.24. The summed E-state index contributed by atoms with van der Waals surface area (Å²) in [5, 5.41) is 8.89. The van der Waals surface area contributed by atoms with Gasteiger partial charge in [0.05, 0.1) is 12.0 Å². The van der Waals surface area contributed by atoms with Gasteiger partial charge in [-0.05, 0) is 17.7 Å². The van der Waals surface area contributed by atoms with Crippen molar-refractivity contribution >= 4 is 17.6 Å². The van der Waals surface area contributed by atoms with Crippen LogP contribution in [-0.4, -0.2) is 24.0 Å². The van der Waals surface area contributed by atoms with Crippen molar-refractivity contribution in [1.82, 2.24) is 0 Å². The zero-order valence-electron chi connectivity index (χ0n) is 7.65. The van der Waals surface area contributed by atoms with Crippen LogP contribution >= 0.6 is 0 Å². The smallest absolute Gasteiger partial charge is 0.336 e. The van der Waals surface area contributed by atoms with E-state index in [1.165, 1.54) is 11.0 Å². The van der Waals surface area contributed by atoms with Crippen molar-refractivity contribution < 1.29 is 14.7 Å². The molecule has 2 rings (SSSR count). The molecule has 0 saturated carbocycles. The van der Waals surface area contributed by atoms with Crippen molar-refractivity contribution in [2.24, 2.45) is 0 Å². The molecule has 1 aliphatic heterocycles. The third-order valence-electron chi connectivity index (χ3n) is 2.45. The molecule has 1 aromatic carbocycles. The number of carboxylic acid groups (broad SMARTS) is 1. The van der Waals surface area contributed by atoms with Crippen LogP contribution in [0.15, 0.2) is 18.2 Å². The summed E-state index contributed by atoms with van der Waals surface area (Å²) in [4.78, 5) is 23.7. The maximum absolute atomic E-state index is 11.3. The van der Waals surface area contributed by atoms with Gasteiger partial charge >= 0.3 is 5.97 Å². The fraction of sp³-hybridized carbons (Fsp3) is 0.200. The first-order valence-electron chi connectivity index (χ1n) is 4.23. The molecule has 0 saturated heterocycles. The summed E-state index contributed by atoms with van der Waals surface area (Å²) < 4.78 is 0. The quantitative estimate of drug-likeness (QED) is 0.717. The lowest BCUT2D eigenvalue weighted by atomic mass is 10.1. The number of hydrogen-bond acceptors (Lipinski definition) is 2. The van der Waals surface area contributed by atoms with Crippen LogP contribution in [0.25, 0.3) is 0 Å². The first kappa shape index (κ1) is 8.74. The molecule has 0 spiro atoms. The van der Waals surface area contributed by atoms with Gasteiger partial charge in [0.2, 0.25) is 5.91 Å². The van der Waals surface area contributed by atoms with Crippen molar-refractivity contribution in [3.63, 3.8) is 0 Å². The summed E-state index contributed by atoms with van der Waals surface area (Å²) in [7, 11) is 1.65. The highest BCUT2D eigenvalue weighted by Crippen LogP contribution is 2.30. The summed E-state index contributed by atoms with van der Waals surface area (Å²) in [5.74, 6) is -1.04. The summed E-state index contributed by atoms with van der Waals surface area (Å²) in [6, 6.07) is 4.93. The monoisotopic (exact) mass is 191 g/mol. The Morgan fingerprint density at radius 2 is 2.21 bits per heavy atom. The predicted octanol–water partition coefficient (Wildman–Crippen LogP) is 0.904. The molecule has 1 amide bonds. The molecule has 1 N–H and O–H groups in total. The van der Waals surface area contributed by atoms with Gasteiger partial charge in [0, 0.05) is 12.7 Å². The number of carbonyl (C=O) groups is 2. The Morgan fingerprint density at radius 3 is 2.86 bits per heavy atom. The minimum absolute atomic E-state index is 0.0614. The fourth-order valence-corrected chi connectivity index (χ4v) is 1.68. The molecule has 1 heterocycles. The van der Waals surface area contributed by atoms with Gasteiger partial charge in [-0.1, -0.05) is 6.07 Å². The number of aromatic carboxylic acids is 1. The average molecular weight is 191 g/mol. The van der Waals surface area contributed by atoms with Crippen molar-refractivity contribution in [1.29, 1.82) is 0 Å². The lowest BCUT2D eigenvalue weighted by molar-refractivity contribution is -0.117. The molecule has 1 aromatic rings. The third-order valence-corrected chi connectivity index (χ3v) is 2.45. The molecule has 0 aliphatic carbocycles. The number of nitrogens with zero attached hydrogens (tertiary/aromatic N) is 1. The van der Waals surface area contributed by atoms with Crippen LogP contribution in [0.5, 0.6) is 0 Å². The van der Waals surface area contributed by atoms with Crippen LogP contribution in [0.1, 0.15) is 15.9 Å². The summed E-state index contributed by atoms with van der Waals surface area (Å²) in [6.07, 6.45) is 0.189. The molecule has 4 nitrogen and oxygen atoms in total. The van der Waals surface area contributed by atoms with Crippen LogP contribution < -0.4 is 4.90 Å². The number of likely N-dealkylation sites (N-methyl/N-ethyl adjacent to an activating group) is 1. The Labute approximate surface area is 80.8 Å². The zero-order chi connectivity index (χ0) is 10.3. The second-order valence-corrected chi connectivity index (χ2v) is 3.24. The van der Waals surface area contributed by atoms with E-state index in [4.69, 9.17) is 5.11 Å². The molecule has 0 radical (unpaired) electrons. The first-order chi connectivity index (χ1) is 6.61. The van der Waals surface area contributed by atoms with Gasteiger partial charge < -0.3 is 10.0 Å². The Morgan fingerprint density at radius 1 is 1.50 bits per heavy atom. The van der Waals surface area contributed by atoms with Gasteiger partial charge in [0.15, 0.2) is 0 Å². The molecule has 1 aliphatic rings. The zero-order valence-corrected chi connectivity index (χ0v) is 7.65. The largest absolute Gasteiger partial charge is 0.478 e. The number of benzene rings is 1. The predicted molar refractivity (Wildman–Crippen MR) is 50.5 cm³/mol. The van der Waals surface area contributed by atoms with Crippen molar-refractivity contribution in [3.8, 4) is 0 Å². The summed E-state index contributed by atoms with van der Waals surface area (Å²) in [6.45, 7) is 0. The molecule has 0 aromatic heterocycles.